The molecular weight excluding hydrogens is 181 g/mol. The zero-order valence-electron chi connectivity index (χ0n) is 8.18. The summed E-state index contributed by atoms with van der Waals surface area (Å²) >= 11 is 0. The SMILES string of the molecule is CC1(CO)CCc2c(F)cccc2N1. The topological polar surface area (TPSA) is 32.3 Å². The summed E-state index contributed by atoms with van der Waals surface area (Å²) in [6.45, 7) is 2.02. The second-order valence-corrected chi connectivity index (χ2v) is 4.11. The van der Waals surface area contributed by atoms with Crippen LogP contribution in [0.1, 0.15) is 18.9 Å². The van der Waals surface area contributed by atoms with Crippen molar-refractivity contribution in [2.45, 2.75) is 25.3 Å². The summed E-state index contributed by atoms with van der Waals surface area (Å²) in [5, 5.41) is 12.4. The Balaban J connectivity index is 2.36. The molecule has 0 saturated carbocycles. The number of hydrogen-bond donors (Lipinski definition) is 2. The Bertz CT molecular complexity index is 353. The first-order valence-electron chi connectivity index (χ1n) is 4.81. The number of fused-ring (bicyclic) bond motifs is 1. The highest BCUT2D eigenvalue weighted by Crippen LogP contribution is 2.31. The van der Waals surface area contributed by atoms with Gasteiger partial charge in [0, 0.05) is 11.3 Å². The highest BCUT2D eigenvalue weighted by atomic mass is 19.1. The first kappa shape index (κ1) is 9.46. The van der Waals surface area contributed by atoms with E-state index < -0.39 is 0 Å². The minimum atomic E-state index is -0.305. The van der Waals surface area contributed by atoms with Gasteiger partial charge in [-0.15, -0.1) is 0 Å². The summed E-state index contributed by atoms with van der Waals surface area (Å²) in [7, 11) is 0. The van der Waals surface area contributed by atoms with Crippen LogP contribution in [-0.4, -0.2) is 17.3 Å². The summed E-state index contributed by atoms with van der Waals surface area (Å²) in [5.74, 6) is -0.157. The third kappa shape index (κ3) is 1.48. The van der Waals surface area contributed by atoms with Gasteiger partial charge >= 0.3 is 0 Å². The van der Waals surface area contributed by atoms with E-state index in [0.29, 0.717) is 6.42 Å². The average Bonchev–Trinajstić information content (AvgIpc) is 2.18. The van der Waals surface area contributed by atoms with Gasteiger partial charge < -0.3 is 10.4 Å². The van der Waals surface area contributed by atoms with Crippen LogP contribution in [0.15, 0.2) is 18.2 Å². The Kier molecular flexibility index (Phi) is 2.19. The zero-order chi connectivity index (χ0) is 10.2. The zero-order valence-corrected chi connectivity index (χ0v) is 8.18. The molecule has 1 heterocycles. The molecule has 2 rings (SSSR count). The molecule has 0 radical (unpaired) electrons. The normalized spacial score (nSPS) is 25.4. The lowest BCUT2D eigenvalue weighted by atomic mass is 9.88. The Morgan fingerprint density at radius 2 is 2.36 bits per heavy atom. The molecular formula is C11H14FNO. The van der Waals surface area contributed by atoms with Gasteiger partial charge in [-0.3, -0.25) is 0 Å². The molecule has 0 fully saturated rings. The number of anilines is 1. The number of benzene rings is 1. The molecule has 14 heavy (non-hydrogen) atoms. The first-order chi connectivity index (χ1) is 6.64. The minimum Gasteiger partial charge on any atom is -0.394 e. The number of hydrogen-bond acceptors (Lipinski definition) is 2. The number of halogens is 1. The molecule has 0 aromatic heterocycles. The maximum atomic E-state index is 13.3. The number of aliphatic hydroxyl groups is 1. The van der Waals surface area contributed by atoms with Crippen LogP contribution in [0.3, 0.4) is 0 Å². The van der Waals surface area contributed by atoms with Gasteiger partial charge in [0.2, 0.25) is 0 Å². The first-order valence-corrected chi connectivity index (χ1v) is 4.81. The molecule has 2 N–H and O–H groups in total. The van der Waals surface area contributed by atoms with E-state index in [9.17, 15) is 9.50 Å². The second-order valence-electron chi connectivity index (χ2n) is 4.11. The molecule has 2 nitrogen and oxygen atoms in total. The molecule has 0 amide bonds. The lowest BCUT2D eigenvalue weighted by Gasteiger charge is -2.35. The van der Waals surface area contributed by atoms with Crippen LogP contribution in [0.4, 0.5) is 10.1 Å². The van der Waals surface area contributed by atoms with Gasteiger partial charge in [0.25, 0.3) is 0 Å². The second kappa shape index (κ2) is 3.24. The van der Waals surface area contributed by atoms with Gasteiger partial charge in [-0.05, 0) is 31.9 Å². The van der Waals surface area contributed by atoms with E-state index in [1.807, 2.05) is 13.0 Å². The predicted molar refractivity (Wildman–Crippen MR) is 53.8 cm³/mol. The van der Waals surface area contributed by atoms with Crippen molar-refractivity contribution < 1.29 is 9.50 Å². The lowest BCUT2D eigenvalue weighted by Crippen LogP contribution is -2.42. The van der Waals surface area contributed by atoms with Crippen LogP contribution in [0.5, 0.6) is 0 Å². The molecule has 1 aromatic rings. The molecule has 76 valence electrons. The maximum Gasteiger partial charge on any atom is 0.128 e. The van der Waals surface area contributed by atoms with Crippen LogP contribution in [0.2, 0.25) is 0 Å². The average molecular weight is 195 g/mol. The summed E-state index contributed by atoms with van der Waals surface area (Å²) in [6, 6.07) is 5.01. The molecule has 3 heteroatoms. The highest BCUT2D eigenvalue weighted by Gasteiger charge is 2.29. The molecule has 0 aliphatic carbocycles. The van der Waals surface area contributed by atoms with Gasteiger partial charge in [-0.1, -0.05) is 6.07 Å². The largest absolute Gasteiger partial charge is 0.394 e. The van der Waals surface area contributed by atoms with E-state index in [1.54, 1.807) is 6.07 Å². The minimum absolute atomic E-state index is 0.0724. The van der Waals surface area contributed by atoms with Crippen molar-refractivity contribution in [3.05, 3.63) is 29.6 Å². The number of rotatable bonds is 1. The third-order valence-corrected chi connectivity index (χ3v) is 2.83. The summed E-state index contributed by atoms with van der Waals surface area (Å²) in [4.78, 5) is 0. The standard InChI is InChI=1S/C11H14FNO/c1-11(7-14)6-5-8-9(12)3-2-4-10(8)13-11/h2-4,13-14H,5-7H2,1H3. The van der Waals surface area contributed by atoms with E-state index in [1.165, 1.54) is 6.07 Å². The Morgan fingerprint density at radius 1 is 1.57 bits per heavy atom. The predicted octanol–water partition coefficient (Wildman–Crippen LogP) is 1.93. The van der Waals surface area contributed by atoms with Crippen molar-refractivity contribution in [3.8, 4) is 0 Å². The highest BCUT2D eigenvalue weighted by molar-refractivity contribution is 5.55. The van der Waals surface area contributed by atoms with Crippen molar-refractivity contribution >= 4 is 5.69 Å². The van der Waals surface area contributed by atoms with E-state index in [4.69, 9.17) is 0 Å². The Morgan fingerprint density at radius 3 is 3.07 bits per heavy atom. The molecule has 1 atom stereocenters. The van der Waals surface area contributed by atoms with Crippen LogP contribution in [-0.2, 0) is 6.42 Å². The van der Waals surface area contributed by atoms with E-state index in [2.05, 4.69) is 5.32 Å². The van der Waals surface area contributed by atoms with Crippen LogP contribution < -0.4 is 5.32 Å². The smallest absolute Gasteiger partial charge is 0.128 e. The molecule has 1 aliphatic heterocycles. The van der Waals surface area contributed by atoms with Gasteiger partial charge in [0.05, 0.1) is 12.1 Å². The fourth-order valence-corrected chi connectivity index (χ4v) is 1.84. The van der Waals surface area contributed by atoms with Crippen LogP contribution in [0, 0.1) is 5.82 Å². The van der Waals surface area contributed by atoms with Gasteiger partial charge in [-0.2, -0.15) is 0 Å². The molecule has 0 saturated heterocycles. The fraction of sp³-hybridized carbons (Fsp3) is 0.455. The molecule has 1 aliphatic rings. The van der Waals surface area contributed by atoms with E-state index in [-0.39, 0.29) is 18.0 Å². The third-order valence-electron chi connectivity index (χ3n) is 2.83. The van der Waals surface area contributed by atoms with Gasteiger partial charge in [-0.25, -0.2) is 4.39 Å². The molecule has 0 bridgehead atoms. The fourth-order valence-electron chi connectivity index (χ4n) is 1.84. The summed E-state index contributed by atoms with van der Waals surface area (Å²) < 4.78 is 13.3. The Hall–Kier alpha value is -1.09. The summed E-state index contributed by atoms with van der Waals surface area (Å²) in [5.41, 5.74) is 1.24. The molecule has 1 unspecified atom stereocenters. The van der Waals surface area contributed by atoms with Crippen LogP contribution >= 0.6 is 0 Å². The number of aliphatic hydroxyl groups excluding tert-OH is 1. The molecule has 1 aromatic carbocycles. The monoisotopic (exact) mass is 195 g/mol. The van der Waals surface area contributed by atoms with E-state index >= 15 is 0 Å². The van der Waals surface area contributed by atoms with Crippen molar-refractivity contribution in [1.82, 2.24) is 0 Å². The van der Waals surface area contributed by atoms with Crippen molar-refractivity contribution in [2.24, 2.45) is 0 Å². The van der Waals surface area contributed by atoms with Crippen LogP contribution in [0.25, 0.3) is 0 Å². The number of nitrogens with one attached hydrogen (secondary N) is 1. The summed E-state index contributed by atoms with van der Waals surface area (Å²) in [6.07, 6.45) is 1.45. The van der Waals surface area contributed by atoms with Gasteiger partial charge in [0.1, 0.15) is 5.82 Å². The van der Waals surface area contributed by atoms with Gasteiger partial charge in [0.15, 0.2) is 0 Å². The molecule has 0 spiro atoms. The Labute approximate surface area is 82.8 Å². The lowest BCUT2D eigenvalue weighted by molar-refractivity contribution is 0.211. The maximum absolute atomic E-state index is 13.3. The van der Waals surface area contributed by atoms with E-state index in [0.717, 1.165) is 17.7 Å². The van der Waals surface area contributed by atoms with Crippen molar-refractivity contribution in [3.63, 3.8) is 0 Å². The van der Waals surface area contributed by atoms with Crippen molar-refractivity contribution in [2.75, 3.05) is 11.9 Å². The quantitative estimate of drug-likeness (QED) is 0.717. The van der Waals surface area contributed by atoms with Crippen molar-refractivity contribution in [1.29, 1.82) is 0 Å².